The summed E-state index contributed by atoms with van der Waals surface area (Å²) in [5, 5.41) is 20.5. The van der Waals surface area contributed by atoms with E-state index in [-0.39, 0.29) is 5.41 Å². The number of aromatic hydroxyl groups is 1. The van der Waals surface area contributed by atoms with Gasteiger partial charge in [0.25, 0.3) is 0 Å². The zero-order chi connectivity index (χ0) is 14.8. The van der Waals surface area contributed by atoms with Gasteiger partial charge >= 0.3 is 0 Å². The number of rotatable bonds is 0. The molecule has 2 heteroatoms. The fraction of sp³-hybridized carbons (Fsp3) is 0.684. The molecular formula is C19H26O2. The third-order valence-corrected chi connectivity index (χ3v) is 7.27. The van der Waals surface area contributed by atoms with Gasteiger partial charge in [0.2, 0.25) is 0 Å². The lowest BCUT2D eigenvalue weighted by molar-refractivity contribution is -0.0901. The van der Waals surface area contributed by atoms with E-state index >= 15 is 0 Å². The molecule has 0 aromatic heterocycles. The minimum atomic E-state index is -0.488. The number of aryl methyl sites for hydroxylation is 1. The van der Waals surface area contributed by atoms with Gasteiger partial charge in [-0.25, -0.2) is 0 Å². The van der Waals surface area contributed by atoms with Gasteiger partial charge in [0, 0.05) is 0 Å². The fourth-order valence-electron chi connectivity index (χ4n) is 5.81. The predicted octanol–water partition coefficient (Wildman–Crippen LogP) is 4.00. The summed E-state index contributed by atoms with van der Waals surface area (Å²) >= 11 is 0. The highest BCUT2D eigenvalue weighted by Crippen LogP contribution is 2.64. The van der Waals surface area contributed by atoms with Crippen LogP contribution in [0.25, 0.3) is 0 Å². The zero-order valence-electron chi connectivity index (χ0n) is 13.1. The molecule has 2 nitrogen and oxygen atoms in total. The van der Waals surface area contributed by atoms with Gasteiger partial charge in [-0.3, -0.25) is 0 Å². The number of fused-ring (bicyclic) bond motifs is 5. The molecule has 0 saturated heterocycles. The van der Waals surface area contributed by atoms with Gasteiger partial charge in [0.15, 0.2) is 0 Å². The Balaban J connectivity index is 1.72. The first-order chi connectivity index (χ1) is 9.92. The first-order valence-electron chi connectivity index (χ1n) is 8.46. The predicted molar refractivity (Wildman–Crippen MR) is 83.3 cm³/mol. The third kappa shape index (κ3) is 1.75. The van der Waals surface area contributed by atoms with Gasteiger partial charge in [-0.15, -0.1) is 0 Å². The molecule has 0 aliphatic heterocycles. The van der Waals surface area contributed by atoms with Crippen LogP contribution in [-0.2, 0) is 6.42 Å². The molecule has 5 atom stereocenters. The maximum Gasteiger partial charge on any atom is 0.115 e. The topological polar surface area (TPSA) is 40.5 Å². The molecule has 0 amide bonds. The molecule has 2 fully saturated rings. The van der Waals surface area contributed by atoms with Crippen molar-refractivity contribution < 1.29 is 10.2 Å². The van der Waals surface area contributed by atoms with E-state index in [4.69, 9.17) is 0 Å². The molecule has 0 heterocycles. The molecular weight excluding hydrogens is 260 g/mol. The van der Waals surface area contributed by atoms with E-state index in [1.165, 1.54) is 30.4 Å². The number of aliphatic hydroxyl groups is 1. The molecule has 21 heavy (non-hydrogen) atoms. The molecule has 3 unspecified atom stereocenters. The molecule has 0 spiro atoms. The van der Waals surface area contributed by atoms with E-state index < -0.39 is 5.60 Å². The van der Waals surface area contributed by atoms with Crippen molar-refractivity contribution in [1.29, 1.82) is 0 Å². The Morgan fingerprint density at radius 2 is 1.90 bits per heavy atom. The first-order valence-corrected chi connectivity index (χ1v) is 8.46. The SMILES string of the molecule is C[C@]1(O)CCC2C3CCc4cc(O)ccc4C3CC[C@@]21C. The van der Waals surface area contributed by atoms with Crippen LogP contribution in [0, 0.1) is 17.3 Å². The zero-order valence-corrected chi connectivity index (χ0v) is 13.1. The second kappa shape index (κ2) is 4.25. The van der Waals surface area contributed by atoms with Gasteiger partial charge in [-0.2, -0.15) is 0 Å². The van der Waals surface area contributed by atoms with Crippen LogP contribution < -0.4 is 0 Å². The molecule has 0 bridgehead atoms. The second-order valence-electron chi connectivity index (χ2n) is 8.07. The molecule has 3 aliphatic rings. The summed E-state index contributed by atoms with van der Waals surface area (Å²) in [5.41, 5.74) is 2.43. The van der Waals surface area contributed by atoms with Crippen molar-refractivity contribution in [2.45, 2.75) is 63.9 Å². The van der Waals surface area contributed by atoms with Crippen molar-refractivity contribution in [2.24, 2.45) is 17.3 Å². The van der Waals surface area contributed by atoms with Gasteiger partial charge in [0.05, 0.1) is 5.60 Å². The van der Waals surface area contributed by atoms with Crippen molar-refractivity contribution in [2.75, 3.05) is 0 Å². The van der Waals surface area contributed by atoms with E-state index in [1.807, 2.05) is 12.1 Å². The van der Waals surface area contributed by atoms with Crippen LogP contribution in [0.15, 0.2) is 18.2 Å². The van der Waals surface area contributed by atoms with E-state index in [0.29, 0.717) is 17.6 Å². The van der Waals surface area contributed by atoms with Crippen LogP contribution in [0.3, 0.4) is 0 Å². The summed E-state index contributed by atoms with van der Waals surface area (Å²) < 4.78 is 0. The molecule has 1 aromatic carbocycles. The number of hydrogen-bond acceptors (Lipinski definition) is 2. The van der Waals surface area contributed by atoms with Crippen LogP contribution in [0.5, 0.6) is 5.75 Å². The van der Waals surface area contributed by atoms with Crippen molar-refractivity contribution in [3.8, 4) is 5.75 Å². The largest absolute Gasteiger partial charge is 0.508 e. The second-order valence-corrected chi connectivity index (χ2v) is 8.07. The number of phenols is 1. The number of phenolic OH excluding ortho intramolecular Hbond substituents is 1. The summed E-state index contributed by atoms with van der Waals surface area (Å²) in [5.74, 6) is 2.42. The van der Waals surface area contributed by atoms with Crippen LogP contribution in [0.4, 0.5) is 0 Å². The summed E-state index contributed by atoms with van der Waals surface area (Å²) in [4.78, 5) is 0. The van der Waals surface area contributed by atoms with Crippen LogP contribution in [-0.4, -0.2) is 15.8 Å². The Labute approximate surface area is 127 Å². The Bertz CT molecular complexity index is 577. The number of hydrogen-bond donors (Lipinski definition) is 2. The summed E-state index contributed by atoms with van der Waals surface area (Å²) in [7, 11) is 0. The van der Waals surface area contributed by atoms with E-state index in [1.54, 1.807) is 0 Å². The minimum absolute atomic E-state index is 0.0998. The van der Waals surface area contributed by atoms with E-state index in [0.717, 1.165) is 25.2 Å². The Morgan fingerprint density at radius 3 is 2.71 bits per heavy atom. The fourth-order valence-corrected chi connectivity index (χ4v) is 5.81. The lowest BCUT2D eigenvalue weighted by Crippen LogP contribution is -2.49. The normalized spacial score (nSPS) is 44.8. The Morgan fingerprint density at radius 1 is 1.10 bits per heavy atom. The molecule has 1 aromatic rings. The monoisotopic (exact) mass is 286 g/mol. The first kappa shape index (κ1) is 13.6. The van der Waals surface area contributed by atoms with Gasteiger partial charge < -0.3 is 10.2 Å². The average molecular weight is 286 g/mol. The molecule has 2 saturated carbocycles. The van der Waals surface area contributed by atoms with Crippen LogP contribution in [0.1, 0.15) is 63.0 Å². The molecule has 0 radical (unpaired) electrons. The molecule has 114 valence electrons. The van der Waals surface area contributed by atoms with Gasteiger partial charge in [-0.05, 0) is 91.9 Å². The quantitative estimate of drug-likeness (QED) is 0.757. The summed E-state index contributed by atoms with van der Waals surface area (Å²) in [6, 6.07) is 5.96. The van der Waals surface area contributed by atoms with Gasteiger partial charge in [-0.1, -0.05) is 13.0 Å². The molecule has 4 rings (SSSR count). The lowest BCUT2D eigenvalue weighted by atomic mass is 9.53. The van der Waals surface area contributed by atoms with Crippen molar-refractivity contribution in [1.82, 2.24) is 0 Å². The average Bonchev–Trinajstić information content (AvgIpc) is 2.69. The van der Waals surface area contributed by atoms with Gasteiger partial charge in [0.1, 0.15) is 5.75 Å². The van der Waals surface area contributed by atoms with E-state index in [2.05, 4.69) is 19.9 Å². The molecule has 3 aliphatic carbocycles. The Hall–Kier alpha value is -1.02. The summed E-state index contributed by atoms with van der Waals surface area (Å²) in [6.07, 6.45) is 6.76. The molecule has 2 N–H and O–H groups in total. The lowest BCUT2D eigenvalue weighted by Gasteiger charge is -2.52. The smallest absolute Gasteiger partial charge is 0.115 e. The third-order valence-electron chi connectivity index (χ3n) is 7.27. The minimum Gasteiger partial charge on any atom is -0.508 e. The standard InChI is InChI=1S/C19H26O2/c1-18-9-7-15-14-6-4-13(20)11-12(14)3-5-16(15)17(18)8-10-19(18,2)21/h4,6,11,15-17,20-21H,3,5,7-10H2,1-2H3/t15?,16?,17?,18-,19-/m0/s1. The van der Waals surface area contributed by atoms with Crippen LogP contribution >= 0.6 is 0 Å². The highest BCUT2D eigenvalue weighted by Gasteiger charge is 2.59. The summed E-state index contributed by atoms with van der Waals surface area (Å²) in [6.45, 7) is 4.38. The van der Waals surface area contributed by atoms with Crippen LogP contribution in [0.2, 0.25) is 0 Å². The highest BCUT2D eigenvalue weighted by molar-refractivity contribution is 5.40. The van der Waals surface area contributed by atoms with Crippen molar-refractivity contribution in [3.05, 3.63) is 29.3 Å². The van der Waals surface area contributed by atoms with Crippen molar-refractivity contribution in [3.63, 3.8) is 0 Å². The van der Waals surface area contributed by atoms with Crippen molar-refractivity contribution >= 4 is 0 Å². The highest BCUT2D eigenvalue weighted by atomic mass is 16.3. The Kier molecular flexibility index (Phi) is 2.76. The maximum absolute atomic E-state index is 10.8. The maximum atomic E-state index is 10.8. The number of benzene rings is 1. The van der Waals surface area contributed by atoms with E-state index in [9.17, 15) is 10.2 Å².